The second kappa shape index (κ2) is 5.67. The molecule has 0 amide bonds. The molecular formula is C11H12ClFO4S. The number of aliphatic carboxylic acids is 1. The number of carbonyl (C=O) groups is 1. The Labute approximate surface area is 109 Å². The van der Waals surface area contributed by atoms with E-state index in [0.29, 0.717) is 0 Å². The second-order valence-electron chi connectivity index (χ2n) is 3.78. The minimum absolute atomic E-state index is 0.0289. The monoisotopic (exact) mass is 294 g/mol. The van der Waals surface area contributed by atoms with Crippen LogP contribution < -0.4 is 0 Å². The lowest BCUT2D eigenvalue weighted by molar-refractivity contribution is -0.136. The summed E-state index contributed by atoms with van der Waals surface area (Å²) in [7, 11) is -3.87. The van der Waals surface area contributed by atoms with Gasteiger partial charge in [0.1, 0.15) is 5.82 Å². The van der Waals surface area contributed by atoms with Crippen LogP contribution in [-0.4, -0.2) is 24.7 Å². The summed E-state index contributed by atoms with van der Waals surface area (Å²) in [6, 6.07) is 3.32. The number of sulfone groups is 1. The van der Waals surface area contributed by atoms with Crippen molar-refractivity contribution in [2.75, 3.05) is 0 Å². The fraction of sp³-hybridized carbons (Fsp3) is 0.364. The molecule has 7 heteroatoms. The number of rotatable bonds is 5. The third kappa shape index (κ3) is 3.43. The molecule has 0 aliphatic heterocycles. The highest BCUT2D eigenvalue weighted by Crippen LogP contribution is 2.22. The largest absolute Gasteiger partial charge is 0.480 e. The van der Waals surface area contributed by atoms with E-state index in [9.17, 15) is 17.6 Å². The van der Waals surface area contributed by atoms with Crippen LogP contribution in [0.5, 0.6) is 0 Å². The van der Waals surface area contributed by atoms with Gasteiger partial charge in [-0.2, -0.15) is 0 Å². The van der Waals surface area contributed by atoms with Crippen LogP contribution in [0.2, 0.25) is 5.02 Å². The van der Waals surface area contributed by atoms with Crippen molar-refractivity contribution in [1.29, 1.82) is 0 Å². The molecule has 0 bridgehead atoms. The van der Waals surface area contributed by atoms with E-state index in [4.69, 9.17) is 16.7 Å². The van der Waals surface area contributed by atoms with Gasteiger partial charge < -0.3 is 5.11 Å². The molecule has 4 nitrogen and oxygen atoms in total. The van der Waals surface area contributed by atoms with Crippen LogP contribution >= 0.6 is 11.6 Å². The van der Waals surface area contributed by atoms with Crippen LogP contribution in [0.15, 0.2) is 18.2 Å². The van der Waals surface area contributed by atoms with Gasteiger partial charge in [-0.25, -0.2) is 12.8 Å². The molecule has 0 aliphatic rings. The van der Waals surface area contributed by atoms with E-state index in [1.807, 2.05) is 0 Å². The van der Waals surface area contributed by atoms with Gasteiger partial charge in [-0.15, -0.1) is 0 Å². The number of hydrogen-bond donors (Lipinski definition) is 1. The summed E-state index contributed by atoms with van der Waals surface area (Å²) >= 11 is 5.71. The molecule has 0 radical (unpaired) electrons. The molecule has 1 atom stereocenters. The van der Waals surface area contributed by atoms with Gasteiger partial charge in [0.25, 0.3) is 0 Å². The summed E-state index contributed by atoms with van der Waals surface area (Å²) in [6.07, 6.45) is -0.0313. The highest BCUT2D eigenvalue weighted by Gasteiger charge is 2.31. The molecule has 100 valence electrons. The van der Waals surface area contributed by atoms with Crippen molar-refractivity contribution < 1.29 is 22.7 Å². The average molecular weight is 295 g/mol. The van der Waals surface area contributed by atoms with Crippen LogP contribution in [0.1, 0.15) is 18.9 Å². The number of benzene rings is 1. The Bertz CT molecular complexity index is 556. The first-order valence-electron chi connectivity index (χ1n) is 5.16. The SMILES string of the molecule is CCC(C(=O)O)S(=O)(=O)Cc1ccc(F)cc1Cl. The van der Waals surface area contributed by atoms with E-state index in [2.05, 4.69) is 0 Å². The molecule has 0 saturated heterocycles. The minimum atomic E-state index is -3.87. The van der Waals surface area contributed by atoms with Crippen molar-refractivity contribution in [1.82, 2.24) is 0 Å². The van der Waals surface area contributed by atoms with Crippen molar-refractivity contribution in [2.45, 2.75) is 24.3 Å². The Morgan fingerprint density at radius 2 is 2.11 bits per heavy atom. The maximum absolute atomic E-state index is 12.8. The summed E-state index contributed by atoms with van der Waals surface area (Å²) in [5.74, 6) is -2.49. The first-order chi connectivity index (χ1) is 8.27. The van der Waals surface area contributed by atoms with E-state index in [-0.39, 0.29) is 17.0 Å². The van der Waals surface area contributed by atoms with Gasteiger partial charge >= 0.3 is 5.97 Å². The normalized spacial score (nSPS) is 13.3. The van der Waals surface area contributed by atoms with Gasteiger partial charge in [-0.05, 0) is 24.1 Å². The van der Waals surface area contributed by atoms with Gasteiger partial charge in [0.05, 0.1) is 5.75 Å². The maximum atomic E-state index is 12.8. The van der Waals surface area contributed by atoms with E-state index in [1.54, 1.807) is 0 Å². The topological polar surface area (TPSA) is 71.4 Å². The summed E-state index contributed by atoms with van der Waals surface area (Å²) in [6.45, 7) is 1.47. The molecule has 1 unspecified atom stereocenters. The standard InChI is InChI=1S/C11H12ClFO4S/c1-2-10(11(14)15)18(16,17)6-7-3-4-8(13)5-9(7)12/h3-5,10H,2,6H2,1H3,(H,14,15). The van der Waals surface area contributed by atoms with Crippen molar-refractivity contribution >= 4 is 27.4 Å². The van der Waals surface area contributed by atoms with Crippen LogP contribution in [0.25, 0.3) is 0 Å². The third-order valence-corrected chi connectivity index (χ3v) is 4.92. The van der Waals surface area contributed by atoms with Crippen LogP contribution in [0, 0.1) is 5.82 Å². The maximum Gasteiger partial charge on any atom is 0.321 e. The summed E-state index contributed by atoms with van der Waals surface area (Å²) in [5.41, 5.74) is 0.192. The Balaban J connectivity index is 3.05. The third-order valence-electron chi connectivity index (χ3n) is 2.45. The zero-order valence-electron chi connectivity index (χ0n) is 9.56. The Hall–Kier alpha value is -1.14. The Morgan fingerprint density at radius 1 is 1.50 bits per heavy atom. The Morgan fingerprint density at radius 3 is 2.56 bits per heavy atom. The minimum Gasteiger partial charge on any atom is -0.480 e. The van der Waals surface area contributed by atoms with Crippen molar-refractivity contribution in [3.05, 3.63) is 34.6 Å². The highest BCUT2D eigenvalue weighted by molar-refractivity contribution is 7.92. The lowest BCUT2D eigenvalue weighted by Gasteiger charge is -2.12. The van der Waals surface area contributed by atoms with E-state index >= 15 is 0 Å². The quantitative estimate of drug-likeness (QED) is 0.904. The summed E-state index contributed by atoms with van der Waals surface area (Å²) < 4.78 is 36.6. The number of hydrogen-bond acceptors (Lipinski definition) is 3. The molecule has 0 fully saturated rings. The Kier molecular flexibility index (Phi) is 4.70. The summed E-state index contributed by atoms with van der Waals surface area (Å²) in [4.78, 5) is 10.8. The van der Waals surface area contributed by atoms with Gasteiger partial charge in [0, 0.05) is 5.02 Å². The molecule has 1 rings (SSSR count). The molecule has 0 heterocycles. The van der Waals surface area contributed by atoms with E-state index < -0.39 is 32.6 Å². The predicted molar refractivity (Wildman–Crippen MR) is 65.7 cm³/mol. The van der Waals surface area contributed by atoms with Crippen LogP contribution in [-0.2, 0) is 20.4 Å². The van der Waals surface area contributed by atoms with Crippen molar-refractivity contribution in [3.63, 3.8) is 0 Å². The fourth-order valence-corrected chi connectivity index (χ4v) is 3.55. The molecule has 0 spiro atoms. The zero-order chi connectivity index (χ0) is 13.9. The number of carboxylic acid groups (broad SMARTS) is 1. The predicted octanol–water partition coefficient (Wildman–Crippen LogP) is 2.26. The molecule has 1 aromatic rings. The van der Waals surface area contributed by atoms with E-state index in [1.165, 1.54) is 13.0 Å². The van der Waals surface area contributed by atoms with Gasteiger partial charge in [0.15, 0.2) is 15.1 Å². The van der Waals surface area contributed by atoms with Gasteiger partial charge in [0.2, 0.25) is 0 Å². The molecule has 1 N–H and O–H groups in total. The van der Waals surface area contributed by atoms with Gasteiger partial charge in [-0.3, -0.25) is 4.79 Å². The molecule has 0 aliphatic carbocycles. The molecule has 1 aromatic carbocycles. The van der Waals surface area contributed by atoms with Crippen LogP contribution in [0.4, 0.5) is 4.39 Å². The number of carboxylic acids is 1. The molecular weight excluding hydrogens is 283 g/mol. The smallest absolute Gasteiger partial charge is 0.321 e. The first kappa shape index (κ1) is 14.9. The molecule has 18 heavy (non-hydrogen) atoms. The van der Waals surface area contributed by atoms with Gasteiger partial charge in [-0.1, -0.05) is 24.6 Å². The first-order valence-corrected chi connectivity index (χ1v) is 7.25. The van der Waals surface area contributed by atoms with Crippen molar-refractivity contribution in [3.8, 4) is 0 Å². The summed E-state index contributed by atoms with van der Waals surface area (Å²) in [5, 5.41) is 7.33. The lowest BCUT2D eigenvalue weighted by Crippen LogP contribution is -2.30. The molecule has 0 aromatic heterocycles. The fourth-order valence-electron chi connectivity index (χ4n) is 1.54. The van der Waals surface area contributed by atoms with Crippen molar-refractivity contribution in [2.24, 2.45) is 0 Å². The number of halogens is 2. The highest BCUT2D eigenvalue weighted by atomic mass is 35.5. The lowest BCUT2D eigenvalue weighted by atomic mass is 10.2. The van der Waals surface area contributed by atoms with E-state index in [0.717, 1.165) is 12.1 Å². The second-order valence-corrected chi connectivity index (χ2v) is 6.37. The molecule has 0 saturated carbocycles. The van der Waals surface area contributed by atoms with Crippen LogP contribution in [0.3, 0.4) is 0 Å². The zero-order valence-corrected chi connectivity index (χ0v) is 11.1. The average Bonchev–Trinajstić information content (AvgIpc) is 2.22.